The van der Waals surface area contributed by atoms with E-state index in [4.69, 9.17) is 4.74 Å². The van der Waals surface area contributed by atoms with E-state index in [-0.39, 0.29) is 11.5 Å². The van der Waals surface area contributed by atoms with E-state index in [1.807, 2.05) is 6.07 Å². The van der Waals surface area contributed by atoms with Crippen molar-refractivity contribution in [2.75, 3.05) is 0 Å². The summed E-state index contributed by atoms with van der Waals surface area (Å²) in [6, 6.07) is 10.4. The van der Waals surface area contributed by atoms with Gasteiger partial charge < -0.3 is 4.74 Å². The number of rotatable bonds is 5. The van der Waals surface area contributed by atoms with Gasteiger partial charge in [-0.15, -0.1) is 0 Å². The average molecular weight is 260 g/mol. The van der Waals surface area contributed by atoms with Crippen molar-refractivity contribution in [3.8, 4) is 0 Å². The zero-order chi connectivity index (χ0) is 14.5. The molecule has 0 saturated carbocycles. The first kappa shape index (κ1) is 16.0. The maximum Gasteiger partial charge on any atom is 0.0720 e. The normalized spacial score (nSPS) is 14.8. The van der Waals surface area contributed by atoms with E-state index in [1.54, 1.807) is 0 Å². The van der Waals surface area contributed by atoms with Crippen LogP contribution >= 0.6 is 0 Å². The van der Waals surface area contributed by atoms with E-state index >= 15 is 0 Å². The zero-order valence-corrected chi connectivity index (χ0v) is 13.2. The van der Waals surface area contributed by atoms with Crippen molar-refractivity contribution >= 4 is 0 Å². The Morgan fingerprint density at radius 2 is 1.74 bits per heavy atom. The largest absolute Gasteiger partial charge is 0.373 e. The van der Waals surface area contributed by atoms with E-state index in [0.717, 1.165) is 0 Å². The van der Waals surface area contributed by atoms with E-state index < -0.39 is 0 Å². The van der Waals surface area contributed by atoms with Crippen LogP contribution in [0, 0.1) is 11.3 Å². The third-order valence-electron chi connectivity index (χ3n) is 3.37. The summed E-state index contributed by atoms with van der Waals surface area (Å²) in [5, 5.41) is 0. The quantitative estimate of drug-likeness (QED) is 0.659. The van der Waals surface area contributed by atoms with Crippen LogP contribution in [0.25, 0.3) is 0 Å². The second-order valence-corrected chi connectivity index (χ2v) is 6.64. The van der Waals surface area contributed by atoms with Crippen LogP contribution in [-0.2, 0) is 11.3 Å². The van der Waals surface area contributed by atoms with E-state index in [1.165, 1.54) is 11.1 Å². The summed E-state index contributed by atoms with van der Waals surface area (Å²) in [5.41, 5.74) is 2.81. The molecule has 0 aromatic heterocycles. The minimum absolute atomic E-state index is 0.216. The fourth-order valence-corrected chi connectivity index (χ4v) is 2.35. The Kier molecular flexibility index (Phi) is 5.81. The van der Waals surface area contributed by atoms with Crippen LogP contribution in [0.3, 0.4) is 0 Å². The molecule has 0 spiro atoms. The average Bonchev–Trinajstić information content (AvgIpc) is 2.33. The van der Waals surface area contributed by atoms with Gasteiger partial charge in [0.1, 0.15) is 0 Å². The maximum atomic E-state index is 6.07. The molecule has 0 aliphatic heterocycles. The highest BCUT2D eigenvalue weighted by molar-refractivity contribution is 5.13. The van der Waals surface area contributed by atoms with Crippen molar-refractivity contribution in [2.24, 2.45) is 11.3 Å². The summed E-state index contributed by atoms with van der Waals surface area (Å²) in [7, 11) is 0. The zero-order valence-electron chi connectivity index (χ0n) is 13.2. The first-order valence-corrected chi connectivity index (χ1v) is 7.11. The summed E-state index contributed by atoms with van der Waals surface area (Å²) in [6.45, 7) is 14.0. The molecular weight excluding hydrogens is 232 g/mol. The van der Waals surface area contributed by atoms with Crippen LogP contribution in [-0.4, -0.2) is 6.10 Å². The summed E-state index contributed by atoms with van der Waals surface area (Å²) < 4.78 is 6.07. The van der Waals surface area contributed by atoms with Crippen molar-refractivity contribution in [3.63, 3.8) is 0 Å². The Labute approximate surface area is 118 Å². The van der Waals surface area contributed by atoms with Gasteiger partial charge in [-0.3, -0.25) is 0 Å². The highest BCUT2D eigenvalue weighted by atomic mass is 16.5. The third-order valence-corrected chi connectivity index (χ3v) is 3.37. The molecule has 1 rings (SSSR count). The molecule has 0 saturated heterocycles. The van der Waals surface area contributed by atoms with E-state index in [9.17, 15) is 0 Å². The molecule has 0 amide bonds. The molecule has 0 unspecified atom stereocenters. The van der Waals surface area contributed by atoms with E-state index in [0.29, 0.717) is 12.5 Å². The second-order valence-electron chi connectivity index (χ2n) is 6.64. The summed E-state index contributed by atoms with van der Waals surface area (Å²) in [6.07, 6.45) is 2.56. The molecule has 0 fully saturated rings. The minimum atomic E-state index is 0.216. The molecule has 106 valence electrons. The lowest BCUT2D eigenvalue weighted by Gasteiger charge is -2.33. The van der Waals surface area contributed by atoms with Crippen LogP contribution in [0.15, 0.2) is 42.0 Å². The van der Waals surface area contributed by atoms with Gasteiger partial charge in [-0.25, -0.2) is 0 Å². The summed E-state index contributed by atoms with van der Waals surface area (Å²) >= 11 is 0. The Morgan fingerprint density at radius 3 is 2.21 bits per heavy atom. The number of allylic oxidation sites excluding steroid dienone is 1. The number of hydrogen-bond donors (Lipinski definition) is 0. The van der Waals surface area contributed by atoms with Gasteiger partial charge in [-0.1, -0.05) is 62.8 Å². The smallest absolute Gasteiger partial charge is 0.0720 e. The van der Waals surface area contributed by atoms with Crippen molar-refractivity contribution in [3.05, 3.63) is 47.5 Å². The van der Waals surface area contributed by atoms with Crippen LogP contribution in [0.5, 0.6) is 0 Å². The first-order valence-electron chi connectivity index (χ1n) is 7.11. The summed E-state index contributed by atoms with van der Waals surface area (Å²) in [5.74, 6) is 0.432. The standard InChI is InChI=1S/C18H28O/c1-14(2)12-17(18(4,5)6)15(3)19-13-16-10-8-7-9-11-16/h7-12,15,17H,13H2,1-6H3/t15-,17+/m0/s1. The first-order chi connectivity index (χ1) is 8.80. The lowest BCUT2D eigenvalue weighted by Crippen LogP contribution is -2.31. The van der Waals surface area contributed by atoms with Crippen LogP contribution < -0.4 is 0 Å². The number of hydrogen-bond acceptors (Lipinski definition) is 1. The Morgan fingerprint density at radius 1 is 1.16 bits per heavy atom. The molecule has 0 N–H and O–H groups in total. The SMILES string of the molecule is CC(C)=C[C@H]([C@H](C)OCc1ccccc1)C(C)(C)C. The molecule has 0 aliphatic carbocycles. The predicted octanol–water partition coefficient (Wildman–Crippen LogP) is 5.22. The van der Waals surface area contributed by atoms with Crippen LogP contribution in [0.2, 0.25) is 0 Å². The van der Waals surface area contributed by atoms with Crippen LogP contribution in [0.4, 0.5) is 0 Å². The number of ether oxygens (including phenoxy) is 1. The second kappa shape index (κ2) is 6.91. The lowest BCUT2D eigenvalue weighted by atomic mass is 9.77. The highest BCUT2D eigenvalue weighted by Gasteiger charge is 2.28. The van der Waals surface area contributed by atoms with Gasteiger partial charge in [0.25, 0.3) is 0 Å². The monoisotopic (exact) mass is 260 g/mol. The molecule has 0 heterocycles. The molecule has 0 aliphatic rings. The van der Waals surface area contributed by atoms with Crippen LogP contribution in [0.1, 0.15) is 47.1 Å². The van der Waals surface area contributed by atoms with Gasteiger partial charge in [0.2, 0.25) is 0 Å². The van der Waals surface area contributed by atoms with Gasteiger partial charge in [0, 0.05) is 5.92 Å². The third kappa shape index (κ3) is 5.61. The fraction of sp³-hybridized carbons (Fsp3) is 0.556. The fourth-order valence-electron chi connectivity index (χ4n) is 2.35. The molecule has 19 heavy (non-hydrogen) atoms. The van der Waals surface area contributed by atoms with Gasteiger partial charge in [-0.05, 0) is 31.7 Å². The lowest BCUT2D eigenvalue weighted by molar-refractivity contribution is -0.00442. The van der Waals surface area contributed by atoms with Gasteiger partial charge >= 0.3 is 0 Å². The van der Waals surface area contributed by atoms with Gasteiger partial charge in [0.15, 0.2) is 0 Å². The number of benzene rings is 1. The van der Waals surface area contributed by atoms with Crippen molar-refractivity contribution in [1.82, 2.24) is 0 Å². The Hall–Kier alpha value is -1.08. The Balaban J connectivity index is 2.68. The molecule has 1 aromatic carbocycles. The highest BCUT2D eigenvalue weighted by Crippen LogP contribution is 2.32. The van der Waals surface area contributed by atoms with Gasteiger partial charge in [-0.2, -0.15) is 0 Å². The molecule has 1 aromatic rings. The van der Waals surface area contributed by atoms with Gasteiger partial charge in [0.05, 0.1) is 12.7 Å². The molecule has 0 radical (unpaired) electrons. The molecule has 0 bridgehead atoms. The van der Waals surface area contributed by atoms with Crippen molar-refractivity contribution in [1.29, 1.82) is 0 Å². The topological polar surface area (TPSA) is 9.23 Å². The molecule has 1 heteroatoms. The molecule has 1 nitrogen and oxygen atoms in total. The van der Waals surface area contributed by atoms with E-state index in [2.05, 4.69) is 71.9 Å². The minimum Gasteiger partial charge on any atom is -0.373 e. The predicted molar refractivity (Wildman–Crippen MR) is 83.1 cm³/mol. The Bertz CT molecular complexity index is 393. The maximum absolute atomic E-state index is 6.07. The molecule has 2 atom stereocenters. The van der Waals surface area contributed by atoms with Crippen molar-refractivity contribution in [2.45, 2.75) is 54.3 Å². The van der Waals surface area contributed by atoms with Crippen molar-refractivity contribution < 1.29 is 4.74 Å². The summed E-state index contributed by atoms with van der Waals surface area (Å²) in [4.78, 5) is 0. The molecular formula is C18H28O.